The number of aromatic nitrogens is 1. The number of hydrogen-bond donors (Lipinski definition) is 1. The van der Waals surface area contributed by atoms with Crippen LogP contribution in [0.3, 0.4) is 0 Å². The van der Waals surface area contributed by atoms with Gasteiger partial charge in [0, 0.05) is 43.2 Å². The van der Waals surface area contributed by atoms with Crippen LogP contribution in [0.1, 0.15) is 12.5 Å². The van der Waals surface area contributed by atoms with Crippen LogP contribution in [0.15, 0.2) is 52.7 Å². The molecule has 2 aromatic rings. The van der Waals surface area contributed by atoms with Crippen LogP contribution < -0.4 is 5.43 Å². The van der Waals surface area contributed by atoms with E-state index in [4.69, 9.17) is 4.74 Å². The van der Waals surface area contributed by atoms with Crippen molar-refractivity contribution >= 4 is 27.1 Å². The second-order valence-corrected chi connectivity index (χ2v) is 7.91. The number of benzene rings is 1. The summed E-state index contributed by atoms with van der Waals surface area (Å²) in [4.78, 5) is 14.2. The number of nitro benzene ring substituents is 1. The molecule has 148 valence electrons. The maximum atomic E-state index is 13.0. The summed E-state index contributed by atoms with van der Waals surface area (Å²) in [5.74, 6) is 0. The molecule has 0 unspecified atom stereocenters. The van der Waals surface area contributed by atoms with Gasteiger partial charge in [0.15, 0.2) is 0 Å². The molecule has 1 N–H and O–H groups in total. The SMILES string of the molecule is CC(=NNc1ccc([N+](=O)[O-])cc1S(=O)(=O)N1CCOCC1)c1ccncc1. The standard InChI is InChI=1S/C17H19N5O5S/c1-13(14-4-6-18-7-5-14)19-20-16-3-2-15(22(23)24)12-17(16)28(25,26)21-8-10-27-11-9-21/h2-7,12,20H,8-11H2,1H3. The maximum absolute atomic E-state index is 13.0. The lowest BCUT2D eigenvalue weighted by atomic mass is 10.2. The molecular weight excluding hydrogens is 386 g/mol. The molecule has 1 saturated heterocycles. The molecule has 0 bridgehead atoms. The first kappa shape index (κ1) is 19.9. The third-order valence-corrected chi connectivity index (χ3v) is 6.14. The largest absolute Gasteiger partial charge is 0.379 e. The summed E-state index contributed by atoms with van der Waals surface area (Å²) in [7, 11) is -3.95. The molecule has 0 aliphatic carbocycles. The second-order valence-electron chi connectivity index (χ2n) is 6.00. The molecule has 11 heteroatoms. The minimum Gasteiger partial charge on any atom is -0.379 e. The fraction of sp³-hybridized carbons (Fsp3) is 0.294. The van der Waals surface area contributed by atoms with E-state index < -0.39 is 14.9 Å². The van der Waals surface area contributed by atoms with E-state index in [9.17, 15) is 18.5 Å². The first-order valence-corrected chi connectivity index (χ1v) is 9.90. The van der Waals surface area contributed by atoms with E-state index in [1.807, 2.05) is 0 Å². The Morgan fingerprint density at radius 2 is 1.93 bits per heavy atom. The van der Waals surface area contributed by atoms with Crippen molar-refractivity contribution in [1.82, 2.24) is 9.29 Å². The molecule has 1 aliphatic heterocycles. The zero-order valence-corrected chi connectivity index (χ0v) is 15.9. The van der Waals surface area contributed by atoms with Gasteiger partial charge in [-0.1, -0.05) is 0 Å². The van der Waals surface area contributed by atoms with E-state index in [2.05, 4.69) is 15.5 Å². The first-order valence-electron chi connectivity index (χ1n) is 8.46. The molecule has 0 radical (unpaired) electrons. The van der Waals surface area contributed by atoms with Crippen molar-refractivity contribution in [2.45, 2.75) is 11.8 Å². The van der Waals surface area contributed by atoms with Gasteiger partial charge in [-0.25, -0.2) is 8.42 Å². The fourth-order valence-corrected chi connectivity index (χ4v) is 4.23. The number of pyridine rings is 1. The second kappa shape index (κ2) is 8.42. The zero-order chi connectivity index (χ0) is 20.1. The smallest absolute Gasteiger partial charge is 0.270 e. The van der Waals surface area contributed by atoms with E-state index in [0.717, 1.165) is 11.6 Å². The lowest BCUT2D eigenvalue weighted by molar-refractivity contribution is -0.385. The van der Waals surface area contributed by atoms with Crippen molar-refractivity contribution in [3.05, 3.63) is 58.4 Å². The Hall–Kier alpha value is -2.89. The molecular formula is C17H19N5O5S. The highest BCUT2D eigenvalue weighted by molar-refractivity contribution is 7.89. The highest BCUT2D eigenvalue weighted by Crippen LogP contribution is 2.29. The van der Waals surface area contributed by atoms with Crippen molar-refractivity contribution in [2.24, 2.45) is 5.10 Å². The fourth-order valence-electron chi connectivity index (χ4n) is 2.66. The Balaban J connectivity index is 1.98. The quantitative estimate of drug-likeness (QED) is 0.441. The number of nitrogens with zero attached hydrogens (tertiary/aromatic N) is 4. The summed E-state index contributed by atoms with van der Waals surface area (Å²) in [6.07, 6.45) is 3.24. The topological polar surface area (TPSA) is 127 Å². The summed E-state index contributed by atoms with van der Waals surface area (Å²) in [6.45, 7) is 2.67. The van der Waals surface area contributed by atoms with Gasteiger partial charge >= 0.3 is 0 Å². The first-order chi connectivity index (χ1) is 13.4. The summed E-state index contributed by atoms with van der Waals surface area (Å²) >= 11 is 0. The molecule has 3 rings (SSSR count). The van der Waals surface area contributed by atoms with Crippen LogP contribution in [0.4, 0.5) is 11.4 Å². The van der Waals surface area contributed by atoms with E-state index in [-0.39, 0.29) is 42.6 Å². The Labute approximate surface area is 162 Å². The lowest BCUT2D eigenvalue weighted by Gasteiger charge is -2.26. The van der Waals surface area contributed by atoms with Gasteiger partial charge < -0.3 is 4.74 Å². The predicted octanol–water partition coefficient (Wildman–Crippen LogP) is 1.85. The minimum absolute atomic E-state index is 0.158. The van der Waals surface area contributed by atoms with Crippen LogP contribution in [-0.2, 0) is 14.8 Å². The zero-order valence-electron chi connectivity index (χ0n) is 15.1. The van der Waals surface area contributed by atoms with Crippen molar-refractivity contribution in [3.8, 4) is 0 Å². The van der Waals surface area contributed by atoms with Crippen LogP contribution >= 0.6 is 0 Å². The Morgan fingerprint density at radius 3 is 2.57 bits per heavy atom. The minimum atomic E-state index is -3.95. The summed E-state index contributed by atoms with van der Waals surface area (Å²) in [5, 5.41) is 15.4. The van der Waals surface area contributed by atoms with Crippen LogP contribution in [-0.4, -0.2) is 54.6 Å². The molecule has 0 spiro atoms. The molecule has 1 aromatic heterocycles. The average molecular weight is 405 g/mol. The van der Waals surface area contributed by atoms with Crippen molar-refractivity contribution in [1.29, 1.82) is 0 Å². The number of anilines is 1. The predicted molar refractivity (Wildman–Crippen MR) is 103 cm³/mol. The van der Waals surface area contributed by atoms with Crippen molar-refractivity contribution in [3.63, 3.8) is 0 Å². The molecule has 0 amide bonds. The van der Waals surface area contributed by atoms with E-state index >= 15 is 0 Å². The monoisotopic (exact) mass is 405 g/mol. The number of nitrogens with one attached hydrogen (secondary N) is 1. The molecule has 0 atom stereocenters. The van der Waals surface area contributed by atoms with Gasteiger partial charge in [0.2, 0.25) is 10.0 Å². The number of ether oxygens (including phenoxy) is 1. The van der Waals surface area contributed by atoms with Crippen LogP contribution in [0.25, 0.3) is 0 Å². The number of rotatable bonds is 6. The van der Waals surface area contributed by atoms with Gasteiger partial charge in [-0.05, 0) is 25.1 Å². The third kappa shape index (κ3) is 4.32. The van der Waals surface area contributed by atoms with Gasteiger partial charge in [-0.2, -0.15) is 9.41 Å². The van der Waals surface area contributed by atoms with Gasteiger partial charge in [-0.15, -0.1) is 0 Å². The number of sulfonamides is 1. The molecule has 28 heavy (non-hydrogen) atoms. The number of morpholine rings is 1. The summed E-state index contributed by atoms with van der Waals surface area (Å²) in [6, 6.07) is 7.15. The molecule has 10 nitrogen and oxygen atoms in total. The molecule has 0 saturated carbocycles. The summed E-state index contributed by atoms with van der Waals surface area (Å²) < 4.78 is 32.5. The maximum Gasteiger partial charge on any atom is 0.270 e. The van der Waals surface area contributed by atoms with Crippen LogP contribution in [0.5, 0.6) is 0 Å². The summed E-state index contributed by atoms with van der Waals surface area (Å²) in [5.41, 5.74) is 3.99. The molecule has 1 aromatic carbocycles. The van der Waals surface area contributed by atoms with Crippen LogP contribution in [0, 0.1) is 10.1 Å². The Kier molecular flexibility index (Phi) is 5.97. The van der Waals surface area contributed by atoms with Gasteiger partial charge in [0.25, 0.3) is 5.69 Å². The highest BCUT2D eigenvalue weighted by Gasteiger charge is 2.30. The van der Waals surface area contributed by atoms with Crippen molar-refractivity contribution in [2.75, 3.05) is 31.7 Å². The normalized spacial score (nSPS) is 16.0. The number of hydrazone groups is 1. The molecule has 1 fully saturated rings. The van der Waals surface area contributed by atoms with Gasteiger partial charge in [0.1, 0.15) is 4.90 Å². The number of nitro groups is 1. The Bertz CT molecular complexity index is 988. The molecule has 1 aliphatic rings. The van der Waals surface area contributed by atoms with E-state index in [1.165, 1.54) is 16.4 Å². The van der Waals surface area contributed by atoms with E-state index in [1.54, 1.807) is 31.5 Å². The molecule has 2 heterocycles. The van der Waals surface area contributed by atoms with Gasteiger partial charge in [-0.3, -0.25) is 20.5 Å². The Morgan fingerprint density at radius 1 is 1.25 bits per heavy atom. The third-order valence-electron chi connectivity index (χ3n) is 4.21. The highest BCUT2D eigenvalue weighted by atomic mass is 32.2. The van der Waals surface area contributed by atoms with Crippen molar-refractivity contribution < 1.29 is 18.1 Å². The average Bonchev–Trinajstić information content (AvgIpc) is 2.73. The van der Waals surface area contributed by atoms with E-state index in [0.29, 0.717) is 5.71 Å². The van der Waals surface area contributed by atoms with Gasteiger partial charge in [0.05, 0.1) is 29.5 Å². The van der Waals surface area contributed by atoms with Crippen LogP contribution in [0.2, 0.25) is 0 Å². The number of hydrogen-bond acceptors (Lipinski definition) is 8. The lowest BCUT2D eigenvalue weighted by Crippen LogP contribution is -2.40. The number of non-ortho nitro benzene ring substituents is 1.